The van der Waals surface area contributed by atoms with E-state index in [-0.39, 0.29) is 11.8 Å². The number of pyridine rings is 1. The Labute approximate surface area is 258 Å². The van der Waals surface area contributed by atoms with Crippen molar-refractivity contribution in [2.75, 3.05) is 30.8 Å². The first-order valence-electron chi connectivity index (χ1n) is 15.2. The van der Waals surface area contributed by atoms with Crippen LogP contribution >= 0.6 is 0 Å². The highest BCUT2D eigenvalue weighted by Crippen LogP contribution is 2.32. The van der Waals surface area contributed by atoms with Crippen LogP contribution in [0.25, 0.3) is 5.82 Å². The van der Waals surface area contributed by atoms with Crippen LogP contribution in [0.2, 0.25) is 0 Å². The number of halogens is 3. The van der Waals surface area contributed by atoms with Gasteiger partial charge in [0.05, 0.1) is 0 Å². The number of hydrogen-bond donors (Lipinski definition) is 3. The molecule has 2 aromatic heterocycles. The molecule has 1 atom stereocenters. The van der Waals surface area contributed by atoms with Crippen molar-refractivity contribution < 1.29 is 18.3 Å². The number of benzene rings is 2. The summed E-state index contributed by atoms with van der Waals surface area (Å²) in [6.07, 6.45) is -0.653. The fraction of sp³-hybridized carbons (Fsp3) is 0.424. The second-order valence-corrected chi connectivity index (χ2v) is 10.1. The van der Waals surface area contributed by atoms with Crippen molar-refractivity contribution in [3.05, 3.63) is 83.3 Å². The Kier molecular flexibility index (Phi) is 12.7. The lowest BCUT2D eigenvalue weighted by atomic mass is 10.0. The highest BCUT2D eigenvalue weighted by molar-refractivity contribution is 5.63. The number of para-hydroxylation sites is 1. The standard InChI is InChI=1S/C30H34F3N7.C2H6.CH4O/c1-4-39(5-2)26-15-12-21-11-14-24(18-22(21)13-16-26)36-29-37-28(30(31,32)33)38-40(29)27-19-25(17-20(3)34-27)35-23-9-7-6-8-10-23;2*1-2/h6-11,14,17-19,26H,4-5,12-13,15-16H2,1-3H3,(H,34,35)(H,36,37,38);1-2H3;2H,1H3. The van der Waals surface area contributed by atoms with Gasteiger partial charge in [0.25, 0.3) is 5.82 Å². The zero-order valence-electron chi connectivity index (χ0n) is 26.4. The molecular weight excluding hydrogens is 567 g/mol. The molecule has 0 radical (unpaired) electrons. The maximum atomic E-state index is 13.7. The highest BCUT2D eigenvalue weighted by atomic mass is 19.4. The van der Waals surface area contributed by atoms with Crippen LogP contribution in [-0.2, 0) is 19.0 Å². The van der Waals surface area contributed by atoms with Gasteiger partial charge in [-0.3, -0.25) is 0 Å². The molecule has 0 bridgehead atoms. The molecule has 0 aliphatic heterocycles. The van der Waals surface area contributed by atoms with Crippen LogP contribution in [0.3, 0.4) is 0 Å². The number of hydrogen-bond acceptors (Lipinski definition) is 7. The van der Waals surface area contributed by atoms with Crippen LogP contribution < -0.4 is 10.6 Å². The smallest absolute Gasteiger partial charge is 0.400 e. The van der Waals surface area contributed by atoms with E-state index in [1.807, 2.05) is 62.4 Å². The number of nitrogens with zero attached hydrogens (tertiary/aromatic N) is 5. The number of aliphatic hydroxyl groups is 1. The molecule has 0 saturated heterocycles. The molecule has 11 heteroatoms. The maximum Gasteiger partial charge on any atom is 0.453 e. The first kappa shape index (κ1) is 34.5. The van der Waals surface area contributed by atoms with Gasteiger partial charge in [-0.15, -0.1) is 5.10 Å². The molecule has 8 nitrogen and oxygen atoms in total. The van der Waals surface area contributed by atoms with Crippen molar-refractivity contribution >= 4 is 23.0 Å². The Balaban J connectivity index is 0.00000127. The van der Waals surface area contributed by atoms with E-state index in [4.69, 9.17) is 5.11 Å². The number of aromatic nitrogens is 4. The minimum absolute atomic E-state index is 0.0503. The monoisotopic (exact) mass is 611 g/mol. The van der Waals surface area contributed by atoms with Crippen LogP contribution in [0, 0.1) is 6.92 Å². The summed E-state index contributed by atoms with van der Waals surface area (Å²) in [4.78, 5) is 10.8. The zero-order valence-corrected chi connectivity index (χ0v) is 26.4. The normalized spacial score (nSPS) is 14.4. The third-order valence-corrected chi connectivity index (χ3v) is 7.37. The third kappa shape index (κ3) is 8.79. The number of aliphatic hydroxyl groups excluding tert-OH is 1. The van der Waals surface area contributed by atoms with E-state index in [0.717, 1.165) is 56.3 Å². The molecule has 3 N–H and O–H groups in total. The molecule has 44 heavy (non-hydrogen) atoms. The molecule has 1 unspecified atom stereocenters. The lowest BCUT2D eigenvalue weighted by molar-refractivity contribution is -0.144. The van der Waals surface area contributed by atoms with Crippen LogP contribution in [0.15, 0.2) is 60.7 Å². The van der Waals surface area contributed by atoms with Gasteiger partial charge in [-0.1, -0.05) is 52.0 Å². The van der Waals surface area contributed by atoms with E-state index < -0.39 is 12.0 Å². The molecule has 1 aliphatic rings. The van der Waals surface area contributed by atoms with E-state index >= 15 is 0 Å². The fourth-order valence-corrected chi connectivity index (χ4v) is 5.40. The van der Waals surface area contributed by atoms with E-state index in [9.17, 15) is 13.2 Å². The molecule has 0 amide bonds. The first-order valence-corrected chi connectivity index (χ1v) is 15.2. The van der Waals surface area contributed by atoms with E-state index in [0.29, 0.717) is 23.1 Å². The van der Waals surface area contributed by atoms with Crippen molar-refractivity contribution in [3.8, 4) is 5.82 Å². The Bertz CT molecular complexity index is 1450. The Morgan fingerprint density at radius 1 is 0.841 bits per heavy atom. The van der Waals surface area contributed by atoms with Crippen LogP contribution in [0.4, 0.5) is 36.2 Å². The largest absolute Gasteiger partial charge is 0.453 e. The maximum absolute atomic E-state index is 13.7. The van der Waals surface area contributed by atoms with Crippen molar-refractivity contribution in [2.45, 2.75) is 72.5 Å². The summed E-state index contributed by atoms with van der Waals surface area (Å²) < 4.78 is 42.2. The summed E-state index contributed by atoms with van der Waals surface area (Å²) >= 11 is 0. The molecule has 1 aliphatic carbocycles. The topological polar surface area (TPSA) is 91.1 Å². The van der Waals surface area contributed by atoms with Gasteiger partial charge in [-0.2, -0.15) is 22.8 Å². The van der Waals surface area contributed by atoms with Gasteiger partial charge in [-0.25, -0.2) is 4.98 Å². The van der Waals surface area contributed by atoms with Gasteiger partial charge in [0.2, 0.25) is 5.95 Å². The van der Waals surface area contributed by atoms with Gasteiger partial charge in [0.1, 0.15) is 0 Å². The Morgan fingerprint density at radius 3 is 2.14 bits per heavy atom. The van der Waals surface area contributed by atoms with Crippen LogP contribution in [-0.4, -0.2) is 56.0 Å². The molecule has 0 fully saturated rings. The van der Waals surface area contributed by atoms with Gasteiger partial charge < -0.3 is 20.6 Å². The molecule has 5 rings (SSSR count). The molecule has 238 valence electrons. The highest BCUT2D eigenvalue weighted by Gasteiger charge is 2.37. The summed E-state index contributed by atoms with van der Waals surface area (Å²) in [7, 11) is 1.00. The molecular formula is C33H44F3N7O. The van der Waals surface area contributed by atoms with Crippen molar-refractivity contribution in [1.82, 2.24) is 24.6 Å². The summed E-state index contributed by atoms with van der Waals surface area (Å²) in [5.41, 5.74) is 5.31. The lowest BCUT2D eigenvalue weighted by Gasteiger charge is -2.28. The van der Waals surface area contributed by atoms with Crippen LogP contribution in [0.1, 0.15) is 63.2 Å². The summed E-state index contributed by atoms with van der Waals surface area (Å²) in [5, 5.41) is 17.2. The molecule has 0 spiro atoms. The first-order chi connectivity index (χ1) is 21.2. The quantitative estimate of drug-likeness (QED) is 0.176. The summed E-state index contributed by atoms with van der Waals surface area (Å²) in [6, 6.07) is 19.5. The number of anilines is 4. The number of aryl methyl sites for hydroxylation is 3. The van der Waals surface area contributed by atoms with Crippen molar-refractivity contribution in [2.24, 2.45) is 0 Å². The number of rotatable bonds is 8. The second-order valence-electron chi connectivity index (χ2n) is 10.1. The van der Waals surface area contributed by atoms with Crippen molar-refractivity contribution in [3.63, 3.8) is 0 Å². The van der Waals surface area contributed by atoms with Gasteiger partial charge in [0.15, 0.2) is 5.82 Å². The van der Waals surface area contributed by atoms with Gasteiger partial charge in [-0.05, 0) is 87.2 Å². The molecule has 4 aromatic rings. The zero-order chi connectivity index (χ0) is 32.3. The number of nitrogens with one attached hydrogen (secondary N) is 2. The Morgan fingerprint density at radius 2 is 1.50 bits per heavy atom. The average Bonchev–Trinajstić information content (AvgIpc) is 3.35. The average molecular weight is 612 g/mol. The second kappa shape index (κ2) is 16.2. The van der Waals surface area contributed by atoms with Gasteiger partial charge in [0, 0.05) is 42.0 Å². The molecule has 0 saturated carbocycles. The van der Waals surface area contributed by atoms with Crippen LogP contribution in [0.5, 0.6) is 0 Å². The number of fused-ring (bicyclic) bond motifs is 1. The van der Waals surface area contributed by atoms with E-state index in [2.05, 4.69) is 50.5 Å². The van der Waals surface area contributed by atoms with Gasteiger partial charge >= 0.3 is 6.18 Å². The summed E-state index contributed by atoms with van der Waals surface area (Å²) in [5.74, 6) is -1.06. The number of alkyl halides is 3. The van der Waals surface area contributed by atoms with E-state index in [1.165, 1.54) is 11.1 Å². The minimum Gasteiger partial charge on any atom is -0.400 e. The predicted octanol–water partition coefficient (Wildman–Crippen LogP) is 7.70. The molecule has 2 heterocycles. The summed E-state index contributed by atoms with van der Waals surface area (Å²) in [6.45, 7) is 12.2. The third-order valence-electron chi connectivity index (χ3n) is 7.37. The fourth-order valence-electron chi connectivity index (χ4n) is 5.40. The van der Waals surface area contributed by atoms with Crippen molar-refractivity contribution in [1.29, 1.82) is 0 Å². The van der Waals surface area contributed by atoms with E-state index in [1.54, 1.807) is 13.0 Å². The SMILES string of the molecule is CC.CCN(CC)C1CCc2ccc(Nc3nc(C(F)(F)F)nn3-c3cc(Nc4ccccc4)cc(C)n3)cc2CC1.CO. The lowest BCUT2D eigenvalue weighted by Crippen LogP contribution is -2.35. The minimum atomic E-state index is -4.70. The Hall–Kier alpha value is -3.96. The predicted molar refractivity (Wildman–Crippen MR) is 171 cm³/mol. The molecule has 2 aromatic carbocycles.